The molecule has 10 heteroatoms. The molecule has 2 aliphatic rings. The van der Waals surface area contributed by atoms with Crippen LogP contribution >= 0.6 is 0 Å². The number of nitrogens with zero attached hydrogens (tertiary/aromatic N) is 2. The molecule has 3 atom stereocenters. The number of carboxylic acids is 1. The van der Waals surface area contributed by atoms with Crippen LogP contribution in [-0.4, -0.2) is 66.4 Å². The molecule has 51 heavy (non-hydrogen) atoms. The van der Waals surface area contributed by atoms with Crippen LogP contribution in [0.4, 0.5) is 5.69 Å². The van der Waals surface area contributed by atoms with Crippen LogP contribution in [0.2, 0.25) is 0 Å². The largest absolute Gasteiger partial charge is 0.478 e. The van der Waals surface area contributed by atoms with E-state index in [4.69, 9.17) is 0 Å². The number of hydrogen-bond donors (Lipinski definition) is 4. The van der Waals surface area contributed by atoms with E-state index in [1.54, 1.807) is 36.2 Å². The summed E-state index contributed by atoms with van der Waals surface area (Å²) in [6.07, 6.45) is 3.44. The predicted octanol–water partition coefficient (Wildman–Crippen LogP) is 4.42. The number of hydrogen-bond acceptors (Lipinski definition) is 6. The van der Waals surface area contributed by atoms with Gasteiger partial charge in [0, 0.05) is 38.7 Å². The van der Waals surface area contributed by atoms with E-state index in [1.165, 1.54) is 5.56 Å². The number of aromatic carboxylic acids is 1. The zero-order chi connectivity index (χ0) is 35.9. The second kappa shape index (κ2) is 16.0. The van der Waals surface area contributed by atoms with Crippen LogP contribution in [0.15, 0.2) is 97.1 Å². The molecule has 1 aliphatic carbocycles. The maximum atomic E-state index is 14.6. The highest BCUT2D eigenvalue weighted by Crippen LogP contribution is 2.31. The first-order valence-corrected chi connectivity index (χ1v) is 17.5. The van der Waals surface area contributed by atoms with Crippen LogP contribution in [0.1, 0.15) is 62.6 Å². The maximum absolute atomic E-state index is 14.6. The van der Waals surface area contributed by atoms with Gasteiger partial charge in [0.2, 0.25) is 17.7 Å². The Morgan fingerprint density at radius 2 is 1.53 bits per heavy atom. The SMILES string of the molecule is CNCC(=O)N[C@@H](Cc1ccc(N(C)Cc2ccc(C(=O)O)cc2)cc1)C(=O)N1Cc2ccccc2CC1C(=O)NC1CCCc2ccccc21. The van der Waals surface area contributed by atoms with Crippen LogP contribution in [0.3, 0.4) is 0 Å². The molecule has 264 valence electrons. The van der Waals surface area contributed by atoms with Crippen molar-refractivity contribution in [2.24, 2.45) is 0 Å². The fourth-order valence-corrected chi connectivity index (χ4v) is 7.21. The Morgan fingerprint density at radius 3 is 2.24 bits per heavy atom. The summed E-state index contributed by atoms with van der Waals surface area (Å²) in [6.45, 7) is 0.894. The van der Waals surface area contributed by atoms with Crippen molar-refractivity contribution in [3.8, 4) is 0 Å². The summed E-state index contributed by atoms with van der Waals surface area (Å²) in [5.74, 6) is -1.76. The van der Waals surface area contributed by atoms with E-state index in [0.717, 1.165) is 52.8 Å². The Morgan fingerprint density at radius 1 is 0.863 bits per heavy atom. The molecule has 0 radical (unpaired) electrons. The summed E-state index contributed by atoms with van der Waals surface area (Å²) < 4.78 is 0. The van der Waals surface area contributed by atoms with E-state index in [-0.39, 0.29) is 48.8 Å². The van der Waals surface area contributed by atoms with Gasteiger partial charge in [0.1, 0.15) is 12.1 Å². The summed E-state index contributed by atoms with van der Waals surface area (Å²) in [7, 11) is 3.63. The molecule has 4 N–H and O–H groups in total. The number of anilines is 1. The highest BCUT2D eigenvalue weighted by atomic mass is 16.4. The third-order valence-corrected chi connectivity index (χ3v) is 9.93. The third-order valence-electron chi connectivity index (χ3n) is 9.93. The van der Waals surface area contributed by atoms with Crippen LogP contribution in [0.25, 0.3) is 0 Å². The minimum absolute atomic E-state index is 0.0504. The number of amides is 3. The topological polar surface area (TPSA) is 131 Å². The minimum atomic E-state index is -0.959. The van der Waals surface area contributed by atoms with Gasteiger partial charge in [-0.25, -0.2) is 4.79 Å². The maximum Gasteiger partial charge on any atom is 0.335 e. The first kappa shape index (κ1) is 35.3. The lowest BCUT2D eigenvalue weighted by Crippen LogP contribution is -2.59. The van der Waals surface area contributed by atoms with Crippen LogP contribution in [-0.2, 0) is 46.7 Å². The summed E-state index contributed by atoms with van der Waals surface area (Å²) >= 11 is 0. The quantitative estimate of drug-likeness (QED) is 0.174. The number of carbonyl (C=O) groups excluding carboxylic acids is 3. The second-order valence-corrected chi connectivity index (χ2v) is 13.5. The number of carbonyl (C=O) groups is 4. The first-order chi connectivity index (χ1) is 24.7. The summed E-state index contributed by atoms with van der Waals surface area (Å²) in [4.78, 5) is 56.6. The van der Waals surface area contributed by atoms with Crippen molar-refractivity contribution < 1.29 is 24.3 Å². The highest BCUT2D eigenvalue weighted by Gasteiger charge is 2.39. The second-order valence-electron chi connectivity index (χ2n) is 13.5. The van der Waals surface area contributed by atoms with Gasteiger partial charge in [-0.2, -0.15) is 0 Å². The molecular formula is C41H45N5O5. The zero-order valence-corrected chi connectivity index (χ0v) is 29.1. The molecule has 0 saturated heterocycles. The number of aryl methyl sites for hydroxylation is 1. The van der Waals surface area contributed by atoms with E-state index in [2.05, 4.69) is 33.0 Å². The lowest BCUT2D eigenvalue weighted by Gasteiger charge is -2.39. The molecule has 10 nitrogen and oxygen atoms in total. The van der Waals surface area contributed by atoms with E-state index < -0.39 is 18.1 Å². The molecular weight excluding hydrogens is 642 g/mol. The van der Waals surface area contributed by atoms with Gasteiger partial charge in [-0.15, -0.1) is 0 Å². The van der Waals surface area contributed by atoms with Gasteiger partial charge in [-0.3, -0.25) is 14.4 Å². The average molecular weight is 688 g/mol. The summed E-state index contributed by atoms with van der Waals surface area (Å²) in [5.41, 5.74) is 7.42. The van der Waals surface area contributed by atoms with Gasteiger partial charge in [-0.05, 0) is 84.0 Å². The normalized spacial score (nSPS) is 17.0. The molecule has 0 spiro atoms. The Kier molecular flexibility index (Phi) is 11.1. The molecule has 0 aromatic heterocycles. The standard InChI is InChI=1S/C41H45N5O5/c1-42-24-38(47)43-36(22-27-16-20-33(21-17-27)45(2)25-28-14-18-30(19-15-28)41(50)51)40(49)46-26-32-10-4-3-9-31(32)23-37(46)39(48)44-35-13-7-11-29-8-5-6-12-34(29)35/h3-6,8-10,12,14-21,35-37,42H,7,11,13,22-26H2,1-2H3,(H,43,47)(H,44,48)(H,50,51)/t35?,36-,37?/m0/s1. The number of rotatable bonds is 12. The van der Waals surface area contributed by atoms with Crippen molar-refractivity contribution in [3.05, 3.63) is 136 Å². The molecule has 1 aliphatic heterocycles. The third kappa shape index (κ3) is 8.46. The smallest absolute Gasteiger partial charge is 0.335 e. The molecule has 1 heterocycles. The molecule has 0 bridgehead atoms. The van der Waals surface area contributed by atoms with E-state index in [1.807, 2.05) is 67.7 Å². The van der Waals surface area contributed by atoms with Crippen molar-refractivity contribution >= 4 is 29.4 Å². The molecule has 6 rings (SSSR count). The van der Waals surface area contributed by atoms with E-state index >= 15 is 0 Å². The molecule has 0 fully saturated rings. The fourth-order valence-electron chi connectivity index (χ4n) is 7.21. The van der Waals surface area contributed by atoms with Crippen LogP contribution < -0.4 is 20.9 Å². The van der Waals surface area contributed by atoms with Crippen molar-refractivity contribution in [1.82, 2.24) is 20.9 Å². The summed E-state index contributed by atoms with van der Waals surface area (Å²) in [6, 6.07) is 29.0. The Bertz CT molecular complexity index is 1880. The lowest BCUT2D eigenvalue weighted by atomic mass is 9.87. The molecule has 4 aromatic carbocycles. The molecule has 4 aromatic rings. The number of benzene rings is 4. The van der Waals surface area contributed by atoms with Crippen molar-refractivity contribution in [3.63, 3.8) is 0 Å². The van der Waals surface area contributed by atoms with Crippen LogP contribution in [0.5, 0.6) is 0 Å². The fraction of sp³-hybridized carbons (Fsp3) is 0.317. The molecule has 2 unspecified atom stereocenters. The monoisotopic (exact) mass is 687 g/mol. The molecule has 0 saturated carbocycles. The highest BCUT2D eigenvalue weighted by molar-refractivity contribution is 5.93. The van der Waals surface area contributed by atoms with Gasteiger partial charge >= 0.3 is 5.97 Å². The lowest BCUT2D eigenvalue weighted by molar-refractivity contribution is -0.144. The zero-order valence-electron chi connectivity index (χ0n) is 29.1. The first-order valence-electron chi connectivity index (χ1n) is 17.5. The number of likely N-dealkylation sites (N-methyl/N-ethyl adjacent to an activating group) is 1. The van der Waals surface area contributed by atoms with Gasteiger partial charge in [0.05, 0.1) is 18.2 Å². The number of carboxylic acid groups (broad SMARTS) is 1. The Labute approximate surface area is 298 Å². The minimum Gasteiger partial charge on any atom is -0.478 e. The van der Waals surface area contributed by atoms with Gasteiger partial charge in [0.15, 0.2) is 0 Å². The number of fused-ring (bicyclic) bond motifs is 2. The van der Waals surface area contributed by atoms with E-state index in [9.17, 15) is 24.3 Å². The average Bonchev–Trinajstić information content (AvgIpc) is 3.14. The number of nitrogens with one attached hydrogen (secondary N) is 3. The van der Waals surface area contributed by atoms with Gasteiger partial charge < -0.3 is 30.9 Å². The molecule has 3 amide bonds. The van der Waals surface area contributed by atoms with Crippen molar-refractivity contribution in [2.75, 3.05) is 25.5 Å². The van der Waals surface area contributed by atoms with Crippen molar-refractivity contribution in [1.29, 1.82) is 0 Å². The van der Waals surface area contributed by atoms with E-state index in [0.29, 0.717) is 13.0 Å². The summed E-state index contributed by atoms with van der Waals surface area (Å²) in [5, 5.41) is 18.3. The predicted molar refractivity (Wildman–Crippen MR) is 196 cm³/mol. The van der Waals surface area contributed by atoms with Gasteiger partial charge in [0.25, 0.3) is 0 Å². The van der Waals surface area contributed by atoms with Crippen LogP contribution in [0, 0.1) is 0 Å². The Balaban J connectivity index is 1.21. The Hall–Kier alpha value is -5.48. The van der Waals surface area contributed by atoms with Crippen molar-refractivity contribution in [2.45, 2.75) is 63.3 Å². The van der Waals surface area contributed by atoms with Gasteiger partial charge in [-0.1, -0.05) is 72.8 Å².